The van der Waals surface area contributed by atoms with E-state index in [1.54, 1.807) is 31.2 Å². The normalized spacial score (nSPS) is 10.9. The molecule has 7 nitrogen and oxygen atoms in total. The molecular formula is C18H16ClN3O4. The van der Waals surface area contributed by atoms with Gasteiger partial charge in [0, 0.05) is 30.6 Å². The second kappa shape index (κ2) is 6.76. The Morgan fingerprint density at radius 3 is 2.62 bits per heavy atom. The average molecular weight is 374 g/mol. The molecule has 3 aromatic rings. The lowest BCUT2D eigenvalue weighted by molar-refractivity contribution is 0.0461. The molecule has 2 aromatic heterocycles. The number of pyridine rings is 1. The summed E-state index contributed by atoms with van der Waals surface area (Å²) >= 11 is 5.98. The molecule has 0 N–H and O–H groups in total. The van der Waals surface area contributed by atoms with Crippen LogP contribution in [0.5, 0.6) is 0 Å². The van der Waals surface area contributed by atoms with Crippen LogP contribution in [0.25, 0.3) is 10.9 Å². The highest BCUT2D eigenvalue weighted by Gasteiger charge is 2.15. The van der Waals surface area contributed by atoms with Crippen molar-refractivity contribution in [3.63, 3.8) is 0 Å². The maximum absolute atomic E-state index is 12.4. The molecule has 0 aliphatic heterocycles. The third-order valence-corrected chi connectivity index (χ3v) is 4.40. The summed E-state index contributed by atoms with van der Waals surface area (Å²) in [7, 11) is 2.89. The third kappa shape index (κ3) is 3.25. The maximum atomic E-state index is 12.4. The zero-order valence-corrected chi connectivity index (χ0v) is 15.2. The largest absolute Gasteiger partial charge is 0.456 e. The van der Waals surface area contributed by atoms with E-state index in [9.17, 15) is 14.4 Å². The van der Waals surface area contributed by atoms with Crippen molar-refractivity contribution in [1.82, 2.24) is 14.1 Å². The smallest absolute Gasteiger partial charge is 0.340 e. The van der Waals surface area contributed by atoms with Crippen molar-refractivity contribution >= 4 is 28.5 Å². The van der Waals surface area contributed by atoms with Crippen LogP contribution in [0.2, 0.25) is 5.02 Å². The summed E-state index contributed by atoms with van der Waals surface area (Å²) in [5.41, 5.74) is 0.897. The molecule has 134 valence electrons. The van der Waals surface area contributed by atoms with Crippen LogP contribution in [0.15, 0.2) is 39.9 Å². The average Bonchev–Trinajstić information content (AvgIpc) is 2.61. The molecule has 3 rings (SSSR count). The van der Waals surface area contributed by atoms with Crippen LogP contribution in [0.1, 0.15) is 21.7 Å². The van der Waals surface area contributed by atoms with Crippen LogP contribution in [-0.2, 0) is 25.4 Å². The van der Waals surface area contributed by atoms with Crippen molar-refractivity contribution in [3.8, 4) is 0 Å². The second-order valence-electron chi connectivity index (χ2n) is 5.91. The topological polar surface area (TPSA) is 83.2 Å². The van der Waals surface area contributed by atoms with E-state index in [0.29, 0.717) is 22.0 Å². The fraction of sp³-hybridized carbons (Fsp3) is 0.222. The van der Waals surface area contributed by atoms with Crippen LogP contribution >= 0.6 is 11.6 Å². The van der Waals surface area contributed by atoms with Gasteiger partial charge in [-0.1, -0.05) is 11.6 Å². The van der Waals surface area contributed by atoms with E-state index in [1.807, 2.05) is 0 Å². The maximum Gasteiger partial charge on any atom is 0.340 e. The van der Waals surface area contributed by atoms with Gasteiger partial charge in [0.1, 0.15) is 6.61 Å². The predicted octanol–water partition coefficient (Wildman–Crippen LogP) is 1.95. The Balaban J connectivity index is 1.89. The van der Waals surface area contributed by atoms with E-state index in [4.69, 9.17) is 16.3 Å². The molecule has 0 amide bonds. The lowest BCUT2D eigenvalue weighted by atomic mass is 10.1. The van der Waals surface area contributed by atoms with E-state index in [0.717, 1.165) is 15.5 Å². The zero-order chi connectivity index (χ0) is 19.0. The first-order valence-corrected chi connectivity index (χ1v) is 8.15. The Hall–Kier alpha value is -2.93. The Labute approximate surface area is 153 Å². The molecule has 8 heteroatoms. The molecule has 2 heterocycles. The van der Waals surface area contributed by atoms with Crippen molar-refractivity contribution in [2.24, 2.45) is 14.1 Å². The lowest BCUT2D eigenvalue weighted by Crippen LogP contribution is -2.38. The molecular weight excluding hydrogens is 358 g/mol. The van der Waals surface area contributed by atoms with E-state index in [-0.39, 0.29) is 6.61 Å². The Morgan fingerprint density at radius 2 is 1.88 bits per heavy atom. The number of esters is 1. The number of halogens is 1. The van der Waals surface area contributed by atoms with E-state index < -0.39 is 17.2 Å². The molecule has 0 saturated carbocycles. The summed E-state index contributed by atoms with van der Waals surface area (Å²) in [6, 6.07) is 8.14. The second-order valence-corrected chi connectivity index (χ2v) is 6.35. The number of fused-ring (bicyclic) bond motifs is 1. The molecule has 0 unspecified atom stereocenters. The summed E-state index contributed by atoms with van der Waals surface area (Å²) in [5.74, 6) is -0.593. The summed E-state index contributed by atoms with van der Waals surface area (Å²) in [4.78, 5) is 40.5. The number of ether oxygens (including phenoxy) is 1. The molecule has 0 aliphatic rings. The summed E-state index contributed by atoms with van der Waals surface area (Å²) < 4.78 is 7.53. The van der Waals surface area contributed by atoms with Gasteiger partial charge in [-0.05, 0) is 31.2 Å². The van der Waals surface area contributed by atoms with Gasteiger partial charge in [-0.3, -0.25) is 18.9 Å². The van der Waals surface area contributed by atoms with E-state index in [1.165, 1.54) is 24.7 Å². The molecule has 0 saturated heterocycles. The quantitative estimate of drug-likeness (QED) is 0.655. The van der Waals surface area contributed by atoms with Gasteiger partial charge in [-0.2, -0.15) is 0 Å². The fourth-order valence-electron chi connectivity index (χ4n) is 2.58. The molecule has 0 spiro atoms. The number of hydrogen-bond acceptors (Lipinski definition) is 5. The number of carbonyl (C=O) groups is 1. The van der Waals surface area contributed by atoms with Gasteiger partial charge in [0.05, 0.1) is 22.5 Å². The van der Waals surface area contributed by atoms with Crippen molar-refractivity contribution < 1.29 is 9.53 Å². The Morgan fingerprint density at radius 1 is 1.15 bits per heavy atom. The summed E-state index contributed by atoms with van der Waals surface area (Å²) in [5, 5.41) is 1.26. The number of hydrogen-bond donors (Lipinski definition) is 0. The van der Waals surface area contributed by atoms with Crippen LogP contribution in [0.3, 0.4) is 0 Å². The molecule has 0 bridgehead atoms. The van der Waals surface area contributed by atoms with Crippen LogP contribution in [-0.4, -0.2) is 20.1 Å². The van der Waals surface area contributed by atoms with Crippen molar-refractivity contribution in [2.45, 2.75) is 13.5 Å². The highest BCUT2D eigenvalue weighted by atomic mass is 35.5. The molecule has 1 aromatic carbocycles. The number of benzene rings is 1. The SMILES string of the molecule is Cc1nc2ccc(Cl)cc2cc1C(=O)OCc1cc(=O)n(C)c(=O)n1C. The van der Waals surface area contributed by atoms with Gasteiger partial charge in [0.25, 0.3) is 5.56 Å². The summed E-state index contributed by atoms with van der Waals surface area (Å²) in [6.07, 6.45) is 0. The van der Waals surface area contributed by atoms with Crippen molar-refractivity contribution in [2.75, 3.05) is 0 Å². The molecule has 0 atom stereocenters. The highest BCUT2D eigenvalue weighted by molar-refractivity contribution is 6.31. The van der Waals surface area contributed by atoms with Gasteiger partial charge in [-0.25, -0.2) is 9.59 Å². The highest BCUT2D eigenvalue weighted by Crippen LogP contribution is 2.21. The van der Waals surface area contributed by atoms with Crippen LogP contribution in [0, 0.1) is 6.92 Å². The minimum absolute atomic E-state index is 0.201. The van der Waals surface area contributed by atoms with E-state index in [2.05, 4.69) is 4.98 Å². The molecule has 0 fully saturated rings. The minimum atomic E-state index is -0.593. The third-order valence-electron chi connectivity index (χ3n) is 4.16. The van der Waals surface area contributed by atoms with Crippen LogP contribution < -0.4 is 11.2 Å². The molecule has 0 aliphatic carbocycles. The van der Waals surface area contributed by atoms with E-state index >= 15 is 0 Å². The minimum Gasteiger partial charge on any atom is -0.456 e. The van der Waals surface area contributed by atoms with Crippen LogP contribution in [0.4, 0.5) is 0 Å². The molecule has 26 heavy (non-hydrogen) atoms. The van der Waals surface area contributed by atoms with Gasteiger partial charge in [0.15, 0.2) is 0 Å². The van der Waals surface area contributed by atoms with Crippen molar-refractivity contribution in [1.29, 1.82) is 0 Å². The Kier molecular flexibility index (Phi) is 4.65. The predicted molar refractivity (Wildman–Crippen MR) is 97.5 cm³/mol. The number of nitrogens with zero attached hydrogens (tertiary/aromatic N) is 3. The molecule has 0 radical (unpaired) electrons. The first-order valence-electron chi connectivity index (χ1n) is 7.78. The number of rotatable bonds is 3. The Bertz CT molecular complexity index is 1150. The number of aromatic nitrogens is 3. The van der Waals surface area contributed by atoms with Crippen molar-refractivity contribution in [3.05, 3.63) is 73.1 Å². The van der Waals surface area contributed by atoms with Gasteiger partial charge < -0.3 is 4.74 Å². The number of aryl methyl sites for hydroxylation is 1. The zero-order valence-electron chi connectivity index (χ0n) is 14.4. The lowest BCUT2D eigenvalue weighted by Gasteiger charge is -2.11. The van der Waals surface area contributed by atoms with Gasteiger partial charge in [-0.15, -0.1) is 0 Å². The first-order chi connectivity index (χ1) is 12.3. The standard InChI is InChI=1S/C18H16ClN3O4/c1-10-14(7-11-6-12(19)4-5-15(11)20-10)17(24)26-9-13-8-16(23)22(3)18(25)21(13)2/h4-8H,9H2,1-3H3. The number of carbonyl (C=O) groups excluding carboxylic acids is 1. The van der Waals surface area contributed by atoms with Gasteiger partial charge in [0.2, 0.25) is 0 Å². The van der Waals surface area contributed by atoms with Gasteiger partial charge >= 0.3 is 11.7 Å². The summed E-state index contributed by atoms with van der Waals surface area (Å²) in [6.45, 7) is 1.51. The fourth-order valence-corrected chi connectivity index (χ4v) is 2.76. The monoisotopic (exact) mass is 373 g/mol. The first kappa shape index (κ1) is 17.9.